The van der Waals surface area contributed by atoms with Crippen molar-refractivity contribution in [3.63, 3.8) is 0 Å². The van der Waals surface area contributed by atoms with Gasteiger partial charge in [0.1, 0.15) is 6.04 Å². The molecule has 1 aliphatic carbocycles. The minimum Gasteiger partial charge on any atom is -0.480 e. The summed E-state index contributed by atoms with van der Waals surface area (Å²) in [5.41, 5.74) is 0.665. The average Bonchev–Trinajstić information content (AvgIpc) is 3.90. The molecule has 55 heavy (non-hydrogen) atoms. The van der Waals surface area contributed by atoms with Crippen LogP contribution in [0.1, 0.15) is 35.2 Å². The van der Waals surface area contributed by atoms with Gasteiger partial charge in [-0.15, -0.1) is 0 Å². The normalized spacial score (nSPS) is 13.8. The highest BCUT2D eigenvalue weighted by molar-refractivity contribution is 7.90. The zero-order valence-corrected chi connectivity index (χ0v) is 30.2. The molecule has 0 radical (unpaired) electrons. The molecule has 1 fully saturated rings. The Kier molecular flexibility index (Phi) is 12.1. The second kappa shape index (κ2) is 16.6. The van der Waals surface area contributed by atoms with E-state index in [9.17, 15) is 45.9 Å². The number of carboxylic acid groups (broad SMARTS) is 1. The average molecular weight is 805 g/mol. The number of benzene rings is 3. The van der Waals surface area contributed by atoms with E-state index in [1.807, 2.05) is 12.1 Å². The first-order valence-electron chi connectivity index (χ1n) is 16.2. The maximum Gasteiger partial charge on any atom is 0.422 e. The number of carboxylic acids is 1. The van der Waals surface area contributed by atoms with Crippen LogP contribution in [0.25, 0.3) is 0 Å². The highest BCUT2D eigenvalue weighted by Crippen LogP contribution is 2.48. The van der Waals surface area contributed by atoms with E-state index in [0.717, 1.165) is 11.8 Å². The summed E-state index contributed by atoms with van der Waals surface area (Å²) in [6, 6.07) is 15.7. The van der Waals surface area contributed by atoms with Crippen molar-refractivity contribution in [1.29, 1.82) is 0 Å². The number of hydrogen-bond acceptors (Lipinski definition) is 12. The van der Waals surface area contributed by atoms with Crippen LogP contribution in [-0.2, 0) is 29.8 Å². The van der Waals surface area contributed by atoms with Crippen molar-refractivity contribution in [3.8, 4) is 6.01 Å². The van der Waals surface area contributed by atoms with E-state index in [4.69, 9.17) is 16.3 Å². The molecule has 0 spiro atoms. The van der Waals surface area contributed by atoms with E-state index in [1.54, 1.807) is 12.1 Å². The first-order chi connectivity index (χ1) is 25.9. The predicted molar refractivity (Wildman–Crippen MR) is 192 cm³/mol. The Bertz CT molecular complexity index is 2190. The van der Waals surface area contributed by atoms with Crippen molar-refractivity contribution in [2.75, 3.05) is 35.4 Å². The molecule has 1 saturated carbocycles. The molecule has 0 bridgehead atoms. The predicted octanol–water partition coefficient (Wildman–Crippen LogP) is 4.04. The number of alkyl halides is 3. The zero-order valence-electron chi connectivity index (χ0n) is 28.6. The molecule has 16 nitrogen and oxygen atoms in total. The van der Waals surface area contributed by atoms with Gasteiger partial charge in [-0.1, -0.05) is 29.8 Å². The van der Waals surface area contributed by atoms with Crippen LogP contribution in [0.2, 0.25) is 5.02 Å². The number of halogens is 4. The van der Waals surface area contributed by atoms with Gasteiger partial charge in [-0.2, -0.15) is 28.1 Å². The van der Waals surface area contributed by atoms with Gasteiger partial charge in [-0.3, -0.25) is 14.4 Å². The fourth-order valence-electron chi connectivity index (χ4n) is 5.01. The first-order valence-corrected chi connectivity index (χ1v) is 18.5. The van der Waals surface area contributed by atoms with E-state index < -0.39 is 63.9 Å². The molecule has 1 heterocycles. The van der Waals surface area contributed by atoms with Gasteiger partial charge < -0.3 is 36.4 Å². The number of nitrogens with one attached hydrogen (secondary N) is 5. The van der Waals surface area contributed by atoms with Crippen LogP contribution < -0.4 is 31.3 Å². The van der Waals surface area contributed by atoms with Gasteiger partial charge in [0.15, 0.2) is 16.4 Å². The summed E-state index contributed by atoms with van der Waals surface area (Å²) >= 11 is 6.01. The van der Waals surface area contributed by atoms with Crippen LogP contribution in [0.5, 0.6) is 6.01 Å². The van der Waals surface area contributed by atoms with Crippen LogP contribution in [-0.4, -0.2) is 83.8 Å². The molecular weight excluding hydrogens is 773 g/mol. The van der Waals surface area contributed by atoms with Gasteiger partial charge in [-0.05, 0) is 79.4 Å². The molecule has 1 aliphatic rings. The maximum atomic E-state index is 12.9. The Hall–Kier alpha value is -6.02. The summed E-state index contributed by atoms with van der Waals surface area (Å²) in [5, 5.41) is 23.0. The Morgan fingerprint density at radius 2 is 1.60 bits per heavy atom. The van der Waals surface area contributed by atoms with Gasteiger partial charge in [0.25, 0.3) is 5.91 Å². The number of rotatable bonds is 15. The smallest absolute Gasteiger partial charge is 0.422 e. The monoisotopic (exact) mass is 804 g/mol. The molecular formula is C34H32ClF3N8O8S. The Morgan fingerprint density at radius 1 is 0.927 bits per heavy atom. The van der Waals surface area contributed by atoms with Gasteiger partial charge in [0, 0.05) is 34.8 Å². The molecule has 0 aliphatic heterocycles. The van der Waals surface area contributed by atoms with Gasteiger partial charge in [0.2, 0.25) is 11.9 Å². The van der Waals surface area contributed by atoms with Crippen molar-refractivity contribution in [2.45, 2.75) is 41.9 Å². The Morgan fingerprint density at radius 3 is 2.22 bits per heavy atom. The highest BCUT2D eigenvalue weighted by Gasteiger charge is 2.45. The molecule has 5 rings (SSSR count). The fraction of sp³-hybridized carbons (Fsp3) is 0.265. The molecule has 1 aromatic heterocycles. The van der Waals surface area contributed by atoms with Crippen molar-refractivity contribution >= 4 is 68.4 Å². The van der Waals surface area contributed by atoms with Gasteiger partial charge in [-0.25, -0.2) is 13.2 Å². The largest absolute Gasteiger partial charge is 0.480 e. The van der Waals surface area contributed by atoms with Crippen molar-refractivity contribution < 1.29 is 50.6 Å². The lowest BCUT2D eigenvalue weighted by atomic mass is 10.1. The topological polar surface area (TPSA) is 231 Å². The summed E-state index contributed by atoms with van der Waals surface area (Å²) in [7, 11) is -3.57. The molecule has 3 aromatic carbocycles. The Labute approximate surface area is 316 Å². The van der Waals surface area contributed by atoms with Crippen LogP contribution in [0, 0.1) is 0 Å². The summed E-state index contributed by atoms with van der Waals surface area (Å²) in [6.45, 7) is -1.97. The lowest BCUT2D eigenvalue weighted by Crippen LogP contribution is -2.44. The number of carbonyl (C=O) groups is 4. The fourth-order valence-corrected chi connectivity index (χ4v) is 5.80. The lowest BCUT2D eigenvalue weighted by molar-refractivity contribution is -0.154. The summed E-state index contributed by atoms with van der Waals surface area (Å²) in [4.78, 5) is 61.5. The van der Waals surface area contributed by atoms with Crippen LogP contribution in [0.15, 0.2) is 77.7 Å². The minimum atomic E-state index is -4.66. The maximum absolute atomic E-state index is 12.9. The number of aliphatic carboxylic acids is 1. The van der Waals surface area contributed by atoms with Crippen LogP contribution >= 0.6 is 11.6 Å². The second-order valence-electron chi connectivity index (χ2n) is 12.2. The Balaban J connectivity index is 1.18. The van der Waals surface area contributed by atoms with E-state index in [1.165, 1.54) is 48.5 Å². The molecule has 4 aromatic rings. The van der Waals surface area contributed by atoms with E-state index in [2.05, 4.69) is 41.5 Å². The molecule has 21 heteroatoms. The molecule has 0 unspecified atom stereocenters. The van der Waals surface area contributed by atoms with Crippen LogP contribution in [0.4, 0.5) is 36.4 Å². The summed E-state index contributed by atoms with van der Waals surface area (Å²) < 4.78 is 67.1. The highest BCUT2D eigenvalue weighted by atomic mass is 35.5. The summed E-state index contributed by atoms with van der Waals surface area (Å²) in [5.74, 6) is -4.71. The second-order valence-corrected chi connectivity index (χ2v) is 14.7. The number of aromatic nitrogens is 3. The van der Waals surface area contributed by atoms with E-state index >= 15 is 0 Å². The van der Waals surface area contributed by atoms with Crippen molar-refractivity contribution in [3.05, 3.63) is 88.9 Å². The third-order valence-corrected chi connectivity index (χ3v) is 9.29. The number of ether oxygens (including phenoxy) is 1. The first kappa shape index (κ1) is 40.2. The van der Waals surface area contributed by atoms with Crippen LogP contribution in [0.3, 0.4) is 0 Å². The molecule has 0 saturated heterocycles. The number of sulfone groups is 1. The van der Waals surface area contributed by atoms with Crippen molar-refractivity contribution in [1.82, 2.24) is 25.6 Å². The number of hydrogen-bond donors (Lipinski definition) is 6. The SMILES string of the molecule is CS(=O)(=O)c1cccc(NC(=O)C(=O)NCC[C@H](NC(=O)c2ccc(Nc3nc(NC4(c5ccc(Cl)cc5)CC4)nc(OCC(F)(F)F)n3)cc2)C(=O)O)c1. The summed E-state index contributed by atoms with van der Waals surface area (Å²) in [6.07, 6.45) is -2.62. The zero-order chi connectivity index (χ0) is 40.0. The quantitative estimate of drug-likeness (QED) is 0.0934. The van der Waals surface area contributed by atoms with Gasteiger partial charge >= 0.3 is 30.0 Å². The van der Waals surface area contributed by atoms with E-state index in [0.29, 0.717) is 23.6 Å². The van der Waals surface area contributed by atoms with Gasteiger partial charge in [0.05, 0.1) is 10.4 Å². The lowest BCUT2D eigenvalue weighted by Gasteiger charge is -2.19. The molecule has 6 N–H and O–H groups in total. The third-order valence-electron chi connectivity index (χ3n) is 7.93. The third kappa shape index (κ3) is 11.5. The number of nitrogens with zero attached hydrogens (tertiary/aromatic N) is 3. The molecule has 290 valence electrons. The number of anilines is 4. The minimum absolute atomic E-state index is 0.0300. The molecule has 3 amide bonds. The van der Waals surface area contributed by atoms with E-state index in [-0.39, 0.29) is 41.0 Å². The molecule has 1 atom stereocenters. The standard InChI is InChI=1S/C34H32ClF3N8O8S/c1-55(52,53)24-4-2-3-23(17-24)40-28(49)27(48)39-16-13-25(29(50)51)42-26(47)19-5-11-22(12-6-19)41-30-43-31(45-32(44-30)54-18-34(36,37)38)46-33(14-15-33)20-7-9-21(35)10-8-20/h2-12,17,25H,13-16,18H2,1H3,(H,39,48)(H,40,49)(H,42,47)(H,50,51)(H2,41,43,44,45,46)/t25-/m0/s1. The number of carbonyl (C=O) groups excluding carboxylic acids is 3. The van der Waals surface area contributed by atoms with Crippen molar-refractivity contribution in [2.24, 2.45) is 0 Å². The number of amides is 3.